The zero-order valence-electron chi connectivity index (χ0n) is 16.9. The van der Waals surface area contributed by atoms with E-state index in [4.69, 9.17) is 0 Å². The molecule has 4 amide bonds. The Morgan fingerprint density at radius 3 is 2.21 bits per heavy atom. The molecule has 0 aliphatic carbocycles. The molecule has 0 bridgehead atoms. The maximum absolute atomic E-state index is 13.3. The van der Waals surface area contributed by atoms with Gasteiger partial charge in [0.15, 0.2) is 0 Å². The molecular formula is C23H27N3O3. The maximum atomic E-state index is 13.3. The van der Waals surface area contributed by atoms with Crippen LogP contribution in [0.1, 0.15) is 37.8 Å². The Balaban J connectivity index is 1.79. The van der Waals surface area contributed by atoms with Crippen LogP contribution >= 0.6 is 0 Å². The molecule has 6 nitrogen and oxygen atoms in total. The Kier molecular flexibility index (Phi) is 6.32. The van der Waals surface area contributed by atoms with E-state index in [2.05, 4.69) is 5.32 Å². The van der Waals surface area contributed by atoms with Gasteiger partial charge in [-0.1, -0.05) is 74.0 Å². The molecule has 29 heavy (non-hydrogen) atoms. The molecule has 0 aromatic heterocycles. The number of hydrogen-bond acceptors (Lipinski definition) is 3. The van der Waals surface area contributed by atoms with Gasteiger partial charge in [-0.25, -0.2) is 4.79 Å². The molecule has 1 fully saturated rings. The quantitative estimate of drug-likeness (QED) is 0.700. The molecule has 1 aliphatic heterocycles. The van der Waals surface area contributed by atoms with Gasteiger partial charge >= 0.3 is 6.03 Å². The van der Waals surface area contributed by atoms with Crippen LogP contribution in [-0.2, 0) is 21.7 Å². The fourth-order valence-electron chi connectivity index (χ4n) is 3.79. The van der Waals surface area contributed by atoms with Crippen LogP contribution in [0.2, 0.25) is 0 Å². The van der Waals surface area contributed by atoms with E-state index < -0.39 is 11.6 Å². The molecule has 1 saturated heterocycles. The molecule has 2 aromatic carbocycles. The number of hydrogen-bond donors (Lipinski definition) is 1. The second-order valence-corrected chi connectivity index (χ2v) is 7.24. The lowest BCUT2D eigenvalue weighted by Crippen LogP contribution is -2.45. The molecular weight excluding hydrogens is 366 g/mol. The number of nitrogens with one attached hydrogen (secondary N) is 1. The third-order valence-electron chi connectivity index (χ3n) is 5.31. The molecule has 3 rings (SSSR count). The third kappa shape index (κ3) is 4.16. The molecule has 1 heterocycles. The van der Waals surface area contributed by atoms with Crippen molar-refractivity contribution in [1.29, 1.82) is 0 Å². The summed E-state index contributed by atoms with van der Waals surface area (Å²) in [6.45, 7) is 4.53. The van der Waals surface area contributed by atoms with Gasteiger partial charge in [0, 0.05) is 13.1 Å². The predicted octanol–water partition coefficient (Wildman–Crippen LogP) is 3.28. The number of benzene rings is 2. The lowest BCUT2D eigenvalue weighted by molar-refractivity contribution is -0.139. The zero-order chi connectivity index (χ0) is 20.9. The first-order chi connectivity index (χ1) is 14.0. The highest BCUT2D eigenvalue weighted by Crippen LogP contribution is 2.33. The Labute approximate surface area is 171 Å². The summed E-state index contributed by atoms with van der Waals surface area (Å²) in [6.07, 6.45) is 1.20. The normalized spacial score (nSPS) is 18.6. The number of rotatable bonds is 8. The average Bonchev–Trinajstić information content (AvgIpc) is 2.98. The minimum absolute atomic E-state index is 0.250. The SMILES string of the molecule is CCC[C@@]1(c2ccccc2)NC(=O)N(CC(=O)N(CC)Cc2ccccc2)C1=O. The highest BCUT2D eigenvalue weighted by molar-refractivity contribution is 6.09. The summed E-state index contributed by atoms with van der Waals surface area (Å²) >= 11 is 0. The van der Waals surface area contributed by atoms with Gasteiger partial charge in [0.05, 0.1) is 0 Å². The van der Waals surface area contributed by atoms with Crippen LogP contribution < -0.4 is 5.32 Å². The number of urea groups is 1. The van der Waals surface area contributed by atoms with E-state index in [1.165, 1.54) is 0 Å². The van der Waals surface area contributed by atoms with Gasteiger partial charge in [-0.15, -0.1) is 0 Å². The minimum atomic E-state index is -1.11. The standard InChI is InChI=1S/C23H27N3O3/c1-3-15-23(19-13-9-6-10-14-19)21(28)26(22(29)24-23)17-20(27)25(4-2)16-18-11-7-5-8-12-18/h5-14H,3-4,15-17H2,1-2H3,(H,24,29)/t23-/m0/s1. The number of imide groups is 1. The lowest BCUT2D eigenvalue weighted by Gasteiger charge is -2.27. The first-order valence-electron chi connectivity index (χ1n) is 10.0. The van der Waals surface area contributed by atoms with Crippen molar-refractivity contribution in [2.75, 3.05) is 13.1 Å². The summed E-state index contributed by atoms with van der Waals surface area (Å²) in [7, 11) is 0. The first kappa shape index (κ1) is 20.6. The van der Waals surface area contributed by atoms with Gasteiger partial charge in [0.25, 0.3) is 5.91 Å². The number of carbonyl (C=O) groups excluding carboxylic acids is 3. The van der Waals surface area contributed by atoms with Gasteiger partial charge < -0.3 is 10.2 Å². The van der Waals surface area contributed by atoms with Crippen molar-refractivity contribution in [1.82, 2.24) is 15.1 Å². The van der Waals surface area contributed by atoms with E-state index in [0.717, 1.165) is 22.4 Å². The monoisotopic (exact) mass is 393 g/mol. The number of nitrogens with zero attached hydrogens (tertiary/aromatic N) is 2. The van der Waals surface area contributed by atoms with E-state index >= 15 is 0 Å². The van der Waals surface area contributed by atoms with Crippen molar-refractivity contribution >= 4 is 17.8 Å². The van der Waals surface area contributed by atoms with Crippen LogP contribution in [0.4, 0.5) is 4.79 Å². The van der Waals surface area contributed by atoms with Crippen LogP contribution in [-0.4, -0.2) is 40.7 Å². The van der Waals surface area contributed by atoms with Gasteiger partial charge in [0.2, 0.25) is 5.91 Å². The molecule has 0 unspecified atom stereocenters. The minimum Gasteiger partial charge on any atom is -0.337 e. The van der Waals surface area contributed by atoms with Gasteiger partial charge in [-0.05, 0) is 24.5 Å². The van der Waals surface area contributed by atoms with Crippen LogP contribution in [0.15, 0.2) is 60.7 Å². The molecule has 0 spiro atoms. The van der Waals surface area contributed by atoms with Crippen molar-refractivity contribution < 1.29 is 14.4 Å². The Morgan fingerprint density at radius 2 is 1.62 bits per heavy atom. The highest BCUT2D eigenvalue weighted by atomic mass is 16.2. The molecule has 1 aliphatic rings. The van der Waals surface area contributed by atoms with Crippen molar-refractivity contribution in [2.24, 2.45) is 0 Å². The van der Waals surface area contributed by atoms with E-state index in [9.17, 15) is 14.4 Å². The molecule has 152 valence electrons. The first-order valence-corrected chi connectivity index (χ1v) is 10.0. The summed E-state index contributed by atoms with van der Waals surface area (Å²) in [5.74, 6) is -0.611. The predicted molar refractivity (Wildman–Crippen MR) is 111 cm³/mol. The Hall–Kier alpha value is -3.15. The van der Waals surface area contributed by atoms with Crippen LogP contribution in [0.5, 0.6) is 0 Å². The maximum Gasteiger partial charge on any atom is 0.325 e. The summed E-state index contributed by atoms with van der Waals surface area (Å²) in [5, 5.41) is 2.86. The molecule has 0 saturated carbocycles. The summed E-state index contributed by atoms with van der Waals surface area (Å²) < 4.78 is 0. The van der Waals surface area contributed by atoms with Crippen molar-refractivity contribution in [3.05, 3.63) is 71.8 Å². The molecule has 0 radical (unpaired) electrons. The van der Waals surface area contributed by atoms with Crippen molar-refractivity contribution in [3.8, 4) is 0 Å². The van der Waals surface area contributed by atoms with Crippen molar-refractivity contribution in [2.45, 2.75) is 38.8 Å². The topological polar surface area (TPSA) is 69.7 Å². The fourth-order valence-corrected chi connectivity index (χ4v) is 3.79. The third-order valence-corrected chi connectivity index (χ3v) is 5.31. The van der Waals surface area contributed by atoms with E-state index in [0.29, 0.717) is 19.5 Å². The zero-order valence-corrected chi connectivity index (χ0v) is 16.9. The summed E-state index contributed by atoms with van der Waals surface area (Å²) in [5.41, 5.74) is 0.639. The smallest absolute Gasteiger partial charge is 0.325 e. The highest BCUT2D eigenvalue weighted by Gasteiger charge is 2.52. The summed E-state index contributed by atoms with van der Waals surface area (Å²) in [4.78, 5) is 41.6. The fraction of sp³-hybridized carbons (Fsp3) is 0.348. The average molecular weight is 393 g/mol. The number of likely N-dealkylation sites (N-methyl/N-ethyl adjacent to an activating group) is 1. The second-order valence-electron chi connectivity index (χ2n) is 7.24. The van der Waals surface area contributed by atoms with Crippen LogP contribution in [0.3, 0.4) is 0 Å². The Morgan fingerprint density at radius 1 is 1.00 bits per heavy atom. The van der Waals surface area contributed by atoms with Crippen molar-refractivity contribution in [3.63, 3.8) is 0 Å². The largest absolute Gasteiger partial charge is 0.337 e. The van der Waals surface area contributed by atoms with Crippen LogP contribution in [0, 0.1) is 0 Å². The molecule has 1 atom stereocenters. The van der Waals surface area contributed by atoms with E-state index in [1.807, 2.05) is 74.5 Å². The molecule has 2 aromatic rings. The second kappa shape index (κ2) is 8.90. The van der Waals surface area contributed by atoms with E-state index in [-0.39, 0.29) is 18.4 Å². The Bertz CT molecular complexity index is 869. The summed E-state index contributed by atoms with van der Waals surface area (Å²) in [6, 6.07) is 18.4. The number of amides is 4. The van der Waals surface area contributed by atoms with Gasteiger partial charge in [-0.2, -0.15) is 0 Å². The van der Waals surface area contributed by atoms with Gasteiger partial charge in [0.1, 0.15) is 12.1 Å². The number of carbonyl (C=O) groups is 3. The lowest BCUT2D eigenvalue weighted by atomic mass is 9.85. The van der Waals surface area contributed by atoms with Gasteiger partial charge in [-0.3, -0.25) is 14.5 Å². The molecule has 6 heteroatoms. The van der Waals surface area contributed by atoms with E-state index in [1.54, 1.807) is 4.90 Å². The molecule has 1 N–H and O–H groups in total. The van der Waals surface area contributed by atoms with Crippen LogP contribution in [0.25, 0.3) is 0 Å².